The van der Waals surface area contributed by atoms with Crippen molar-refractivity contribution in [1.29, 1.82) is 0 Å². The number of halogens is 7. The highest BCUT2D eigenvalue weighted by Gasteiger charge is 2.34. The molecule has 0 aliphatic rings. The summed E-state index contributed by atoms with van der Waals surface area (Å²) in [4.78, 5) is 12.9. The molecule has 3 aromatic rings. The van der Waals surface area contributed by atoms with Crippen LogP contribution in [0, 0.1) is 11.6 Å². The van der Waals surface area contributed by atoms with E-state index in [-0.39, 0.29) is 10.8 Å². The van der Waals surface area contributed by atoms with Crippen molar-refractivity contribution in [2.45, 2.75) is 25.1 Å². The van der Waals surface area contributed by atoms with Gasteiger partial charge in [0.05, 0.1) is 11.3 Å². The molecular weight excluding hydrogens is 511 g/mol. The third kappa shape index (κ3) is 6.94. The van der Waals surface area contributed by atoms with Crippen LogP contribution in [0.1, 0.15) is 29.7 Å². The van der Waals surface area contributed by atoms with Crippen molar-refractivity contribution in [1.82, 2.24) is 5.32 Å². The number of anilines is 2. The van der Waals surface area contributed by atoms with Gasteiger partial charge in [-0.1, -0.05) is 30.3 Å². The third-order valence-corrected chi connectivity index (χ3v) is 5.10. The van der Waals surface area contributed by atoms with Gasteiger partial charge < -0.3 is 16.0 Å². The second-order valence-electron chi connectivity index (χ2n) is 7.74. The number of amides is 1. The number of benzene rings is 3. The van der Waals surface area contributed by atoms with E-state index >= 15 is 0 Å². The average molecular weight is 529 g/mol. The standard InChI is InChI=1S/C24H18F7N3OS/c1-23(27,28)14-9-15(24(29,30)31)11-17(10-14)32-22(36)34-20(13-5-3-2-4-6-13)21(35)33-19-8-7-16(25)12-18(19)26/h2-12,20H,1H3,(H,33,35)(H2,32,34,36)/t20-/m1/s1. The molecule has 0 aromatic heterocycles. The van der Waals surface area contributed by atoms with E-state index in [1.165, 1.54) is 12.1 Å². The van der Waals surface area contributed by atoms with Crippen molar-refractivity contribution < 1.29 is 35.5 Å². The summed E-state index contributed by atoms with van der Waals surface area (Å²) in [6, 6.07) is 10.9. The molecule has 12 heteroatoms. The summed E-state index contributed by atoms with van der Waals surface area (Å²) in [7, 11) is 0. The van der Waals surface area contributed by atoms with Crippen molar-refractivity contribution in [3.05, 3.63) is 95.1 Å². The summed E-state index contributed by atoms with van der Waals surface area (Å²) >= 11 is 5.12. The number of hydrogen-bond acceptors (Lipinski definition) is 2. The monoisotopic (exact) mass is 529 g/mol. The van der Waals surface area contributed by atoms with E-state index in [0.29, 0.717) is 30.7 Å². The predicted molar refractivity (Wildman–Crippen MR) is 125 cm³/mol. The zero-order valence-corrected chi connectivity index (χ0v) is 19.2. The lowest BCUT2D eigenvalue weighted by molar-refractivity contribution is -0.137. The van der Waals surface area contributed by atoms with Gasteiger partial charge in [0.15, 0.2) is 5.11 Å². The van der Waals surface area contributed by atoms with Crippen LogP contribution >= 0.6 is 12.2 Å². The third-order valence-electron chi connectivity index (χ3n) is 4.88. The SMILES string of the molecule is CC(F)(F)c1cc(NC(=S)N[C@@H](C(=O)Nc2ccc(F)cc2F)c2ccccc2)cc(C(F)(F)F)c1. The minimum Gasteiger partial charge on any atom is -0.347 e. The number of alkyl halides is 5. The van der Waals surface area contributed by atoms with Crippen LogP contribution in [-0.2, 0) is 16.9 Å². The van der Waals surface area contributed by atoms with Gasteiger partial charge in [-0.15, -0.1) is 0 Å². The lowest BCUT2D eigenvalue weighted by atomic mass is 10.0. The van der Waals surface area contributed by atoms with Gasteiger partial charge in [0.25, 0.3) is 11.8 Å². The van der Waals surface area contributed by atoms with E-state index in [1.54, 1.807) is 18.2 Å². The van der Waals surface area contributed by atoms with Crippen LogP contribution in [-0.4, -0.2) is 11.0 Å². The summed E-state index contributed by atoms with van der Waals surface area (Å²) in [5, 5.41) is 6.89. The van der Waals surface area contributed by atoms with Gasteiger partial charge >= 0.3 is 6.18 Å². The van der Waals surface area contributed by atoms with Crippen molar-refractivity contribution in [2.75, 3.05) is 10.6 Å². The molecule has 0 saturated heterocycles. The molecule has 0 fully saturated rings. The minimum atomic E-state index is -4.90. The van der Waals surface area contributed by atoms with Crippen molar-refractivity contribution in [3.63, 3.8) is 0 Å². The summed E-state index contributed by atoms with van der Waals surface area (Å²) in [6.45, 7) is 0.452. The summed E-state index contributed by atoms with van der Waals surface area (Å²) in [6.07, 6.45) is -4.90. The minimum absolute atomic E-state index is 0.323. The molecule has 1 amide bonds. The second-order valence-corrected chi connectivity index (χ2v) is 8.15. The zero-order valence-electron chi connectivity index (χ0n) is 18.4. The molecule has 3 rings (SSSR count). The number of rotatable bonds is 6. The topological polar surface area (TPSA) is 53.2 Å². The Bertz CT molecular complexity index is 1230. The molecule has 0 spiro atoms. The zero-order chi connectivity index (χ0) is 26.7. The maximum Gasteiger partial charge on any atom is 0.416 e. The van der Waals surface area contributed by atoms with Gasteiger partial charge in [0.2, 0.25) is 0 Å². The van der Waals surface area contributed by atoms with Crippen LogP contribution in [0.2, 0.25) is 0 Å². The highest BCUT2D eigenvalue weighted by atomic mass is 32.1. The van der Waals surface area contributed by atoms with E-state index in [0.717, 1.165) is 18.2 Å². The fraction of sp³-hybridized carbons (Fsp3) is 0.167. The molecule has 1 atom stereocenters. The van der Waals surface area contributed by atoms with Crippen molar-refractivity contribution >= 4 is 34.6 Å². The Morgan fingerprint density at radius 2 is 1.50 bits per heavy atom. The molecule has 0 unspecified atom stereocenters. The van der Waals surface area contributed by atoms with Crippen LogP contribution in [0.4, 0.5) is 42.1 Å². The van der Waals surface area contributed by atoms with Crippen LogP contribution < -0.4 is 16.0 Å². The molecule has 190 valence electrons. The summed E-state index contributed by atoms with van der Waals surface area (Å²) in [5.41, 5.74) is -2.60. The molecule has 3 aromatic carbocycles. The first-order valence-electron chi connectivity index (χ1n) is 10.2. The molecule has 0 saturated carbocycles. The predicted octanol–water partition coefficient (Wildman–Crippen LogP) is 6.76. The number of hydrogen-bond donors (Lipinski definition) is 3. The van der Waals surface area contributed by atoms with E-state index in [1.807, 2.05) is 0 Å². The molecule has 3 N–H and O–H groups in total. The molecule has 0 aliphatic heterocycles. The van der Waals surface area contributed by atoms with Gasteiger partial charge in [-0.3, -0.25) is 4.79 Å². The average Bonchev–Trinajstić information content (AvgIpc) is 2.78. The van der Waals surface area contributed by atoms with Crippen molar-refractivity contribution in [3.8, 4) is 0 Å². The van der Waals surface area contributed by atoms with Gasteiger partial charge in [0.1, 0.15) is 17.7 Å². The first kappa shape index (κ1) is 26.9. The molecule has 0 heterocycles. The van der Waals surface area contributed by atoms with Gasteiger partial charge in [-0.25, -0.2) is 17.6 Å². The molecule has 0 radical (unpaired) electrons. The Labute approximate surface area is 206 Å². The quantitative estimate of drug-likeness (QED) is 0.244. The first-order valence-corrected chi connectivity index (χ1v) is 10.6. The molecule has 0 bridgehead atoms. The lowest BCUT2D eigenvalue weighted by Gasteiger charge is -2.22. The van der Waals surface area contributed by atoms with Crippen molar-refractivity contribution in [2.24, 2.45) is 0 Å². The van der Waals surface area contributed by atoms with E-state index in [2.05, 4.69) is 16.0 Å². The smallest absolute Gasteiger partial charge is 0.347 e. The number of carbonyl (C=O) groups is 1. The van der Waals surface area contributed by atoms with Crippen LogP contribution in [0.5, 0.6) is 0 Å². The molecule has 4 nitrogen and oxygen atoms in total. The van der Waals surface area contributed by atoms with Gasteiger partial charge in [-0.05, 0) is 48.1 Å². The first-order chi connectivity index (χ1) is 16.7. The highest BCUT2D eigenvalue weighted by molar-refractivity contribution is 7.80. The number of carbonyl (C=O) groups excluding carboxylic acids is 1. The largest absolute Gasteiger partial charge is 0.416 e. The van der Waals surface area contributed by atoms with Crippen LogP contribution in [0.3, 0.4) is 0 Å². The Hall–Kier alpha value is -3.67. The Morgan fingerprint density at radius 1 is 0.861 bits per heavy atom. The second kappa shape index (κ2) is 10.5. The van der Waals surface area contributed by atoms with Crippen LogP contribution in [0.25, 0.3) is 0 Å². The van der Waals surface area contributed by atoms with Gasteiger partial charge in [-0.2, -0.15) is 13.2 Å². The number of thiocarbonyl (C=S) groups is 1. The fourth-order valence-electron chi connectivity index (χ4n) is 3.16. The van der Waals surface area contributed by atoms with E-state index in [9.17, 15) is 35.5 Å². The maximum absolute atomic E-state index is 14.0. The van der Waals surface area contributed by atoms with E-state index in [4.69, 9.17) is 12.2 Å². The summed E-state index contributed by atoms with van der Waals surface area (Å²) in [5.74, 6) is -6.29. The highest BCUT2D eigenvalue weighted by Crippen LogP contribution is 2.36. The fourth-order valence-corrected chi connectivity index (χ4v) is 3.39. The maximum atomic E-state index is 14.0. The molecule has 0 aliphatic carbocycles. The lowest BCUT2D eigenvalue weighted by Crippen LogP contribution is -2.39. The molecule has 36 heavy (non-hydrogen) atoms. The summed E-state index contributed by atoms with van der Waals surface area (Å²) < 4.78 is 94.5. The Balaban J connectivity index is 1.87. The normalized spacial score (nSPS) is 12.6. The Kier molecular flexibility index (Phi) is 7.87. The van der Waals surface area contributed by atoms with Crippen LogP contribution in [0.15, 0.2) is 66.7 Å². The van der Waals surface area contributed by atoms with Gasteiger partial charge in [0, 0.05) is 24.2 Å². The number of nitrogens with one attached hydrogen (secondary N) is 3. The van der Waals surface area contributed by atoms with E-state index < -0.39 is 52.5 Å². The molecular formula is C24H18F7N3OS. The Morgan fingerprint density at radius 3 is 2.08 bits per heavy atom.